The molecule has 3 rings (SSSR count). The molecule has 152 valence electrons. The Labute approximate surface area is 168 Å². The fourth-order valence-corrected chi connectivity index (χ4v) is 4.29. The van der Waals surface area contributed by atoms with E-state index >= 15 is 0 Å². The SMILES string of the molecule is CC(C)(C)NS(=O)(=O)c1cccc(NC(=O)Cn2ncc(=O)c3ccccc32)c1. The van der Waals surface area contributed by atoms with Gasteiger partial charge in [0.1, 0.15) is 6.54 Å². The molecule has 9 heteroatoms. The van der Waals surface area contributed by atoms with E-state index in [1.165, 1.54) is 23.0 Å². The van der Waals surface area contributed by atoms with E-state index in [-0.39, 0.29) is 16.9 Å². The summed E-state index contributed by atoms with van der Waals surface area (Å²) in [6, 6.07) is 12.9. The first-order chi connectivity index (χ1) is 13.5. The molecular weight excluding hydrogens is 392 g/mol. The van der Waals surface area contributed by atoms with E-state index in [1.807, 2.05) is 0 Å². The van der Waals surface area contributed by atoms with E-state index in [2.05, 4.69) is 15.1 Å². The fourth-order valence-electron chi connectivity index (χ4n) is 2.83. The van der Waals surface area contributed by atoms with Crippen molar-refractivity contribution in [3.8, 4) is 0 Å². The molecule has 29 heavy (non-hydrogen) atoms. The van der Waals surface area contributed by atoms with E-state index < -0.39 is 21.5 Å². The standard InChI is InChI=1S/C20H22N4O4S/c1-20(2,3)23-29(27,28)15-8-6-7-14(11-15)22-19(26)13-24-17-10-5-4-9-16(17)18(25)12-21-24/h4-12,23H,13H2,1-3H3,(H,22,26). The van der Waals surface area contributed by atoms with Gasteiger partial charge >= 0.3 is 0 Å². The van der Waals surface area contributed by atoms with Crippen LogP contribution in [0.2, 0.25) is 0 Å². The second-order valence-electron chi connectivity index (χ2n) is 7.62. The molecule has 0 aliphatic heterocycles. The molecule has 0 saturated carbocycles. The number of nitrogens with one attached hydrogen (secondary N) is 2. The van der Waals surface area contributed by atoms with Gasteiger partial charge in [-0.25, -0.2) is 13.1 Å². The summed E-state index contributed by atoms with van der Waals surface area (Å²) >= 11 is 0. The lowest BCUT2D eigenvalue weighted by Gasteiger charge is -2.20. The number of nitrogens with zero attached hydrogens (tertiary/aromatic N) is 2. The lowest BCUT2D eigenvalue weighted by molar-refractivity contribution is -0.116. The summed E-state index contributed by atoms with van der Waals surface area (Å²) in [6.45, 7) is 5.12. The van der Waals surface area contributed by atoms with Gasteiger partial charge in [0, 0.05) is 16.6 Å². The molecule has 0 aliphatic rings. The smallest absolute Gasteiger partial charge is 0.246 e. The molecule has 1 heterocycles. The van der Waals surface area contributed by atoms with Gasteiger partial charge in [0.25, 0.3) is 0 Å². The summed E-state index contributed by atoms with van der Waals surface area (Å²) in [7, 11) is -3.72. The van der Waals surface area contributed by atoms with Gasteiger partial charge in [-0.2, -0.15) is 5.10 Å². The first kappa shape index (κ1) is 20.7. The van der Waals surface area contributed by atoms with Crippen LogP contribution in [0.15, 0.2) is 64.4 Å². The van der Waals surface area contributed by atoms with E-state index in [9.17, 15) is 18.0 Å². The first-order valence-electron chi connectivity index (χ1n) is 8.94. The van der Waals surface area contributed by atoms with Crippen LogP contribution < -0.4 is 15.5 Å². The van der Waals surface area contributed by atoms with Gasteiger partial charge in [0.15, 0.2) is 0 Å². The van der Waals surface area contributed by atoms with Crippen LogP contribution in [-0.4, -0.2) is 29.6 Å². The van der Waals surface area contributed by atoms with Crippen LogP contribution in [0.25, 0.3) is 10.9 Å². The number of carbonyl (C=O) groups excluding carboxylic acids is 1. The molecule has 0 spiro atoms. The summed E-state index contributed by atoms with van der Waals surface area (Å²) in [4.78, 5) is 24.4. The molecule has 3 aromatic rings. The predicted molar refractivity (Wildman–Crippen MR) is 111 cm³/mol. The van der Waals surface area contributed by atoms with Crippen molar-refractivity contribution in [2.45, 2.75) is 37.8 Å². The number of hydrogen-bond donors (Lipinski definition) is 2. The Morgan fingerprint density at radius 3 is 2.55 bits per heavy atom. The highest BCUT2D eigenvalue weighted by atomic mass is 32.2. The van der Waals surface area contributed by atoms with Crippen LogP contribution in [0.1, 0.15) is 20.8 Å². The summed E-state index contributed by atoms with van der Waals surface area (Å²) in [5.41, 5.74) is 0.0364. The number of amides is 1. The fraction of sp³-hybridized carbons (Fsp3) is 0.250. The minimum Gasteiger partial charge on any atom is -0.324 e. The van der Waals surface area contributed by atoms with Crippen molar-refractivity contribution < 1.29 is 13.2 Å². The molecule has 0 saturated heterocycles. The minimum absolute atomic E-state index is 0.0529. The number of fused-ring (bicyclic) bond motifs is 1. The Kier molecular flexibility index (Phi) is 5.54. The second kappa shape index (κ2) is 7.76. The van der Waals surface area contributed by atoms with Crippen molar-refractivity contribution >= 4 is 32.5 Å². The highest BCUT2D eigenvalue weighted by molar-refractivity contribution is 7.89. The molecule has 0 unspecified atom stereocenters. The molecular formula is C20H22N4O4S. The number of sulfonamides is 1. The molecule has 1 amide bonds. The van der Waals surface area contributed by atoms with E-state index in [0.717, 1.165) is 0 Å². The molecule has 8 nitrogen and oxygen atoms in total. The zero-order chi connectivity index (χ0) is 21.2. The molecule has 0 atom stereocenters. The van der Waals surface area contributed by atoms with Crippen LogP contribution in [0.3, 0.4) is 0 Å². The normalized spacial score (nSPS) is 12.1. The lowest BCUT2D eigenvalue weighted by Crippen LogP contribution is -2.40. The maximum absolute atomic E-state index is 12.5. The predicted octanol–water partition coefficient (Wildman–Crippen LogP) is 2.11. The van der Waals surface area contributed by atoms with Crippen molar-refractivity contribution in [2.75, 3.05) is 5.32 Å². The first-order valence-corrected chi connectivity index (χ1v) is 10.4. The average Bonchev–Trinajstić information content (AvgIpc) is 2.63. The van der Waals surface area contributed by atoms with Crippen LogP contribution >= 0.6 is 0 Å². The second-order valence-corrected chi connectivity index (χ2v) is 9.30. The Hall–Kier alpha value is -3.04. The van der Waals surface area contributed by atoms with Crippen LogP contribution in [0, 0.1) is 0 Å². The van der Waals surface area contributed by atoms with Crippen LogP contribution in [-0.2, 0) is 21.4 Å². The monoisotopic (exact) mass is 414 g/mol. The van der Waals surface area contributed by atoms with Gasteiger partial charge in [0.2, 0.25) is 21.4 Å². The quantitative estimate of drug-likeness (QED) is 0.664. The van der Waals surface area contributed by atoms with Gasteiger partial charge in [-0.3, -0.25) is 14.3 Å². The molecule has 0 aliphatic carbocycles. The number of benzene rings is 2. The van der Waals surface area contributed by atoms with Crippen molar-refractivity contribution in [3.63, 3.8) is 0 Å². The number of rotatable bonds is 5. The Morgan fingerprint density at radius 1 is 1.10 bits per heavy atom. The van der Waals surface area contributed by atoms with E-state index in [0.29, 0.717) is 16.6 Å². The number of aromatic nitrogens is 2. The molecule has 1 aromatic heterocycles. The Morgan fingerprint density at radius 2 is 1.83 bits per heavy atom. The largest absolute Gasteiger partial charge is 0.324 e. The van der Waals surface area contributed by atoms with Crippen molar-refractivity contribution in [3.05, 3.63) is 65.0 Å². The van der Waals surface area contributed by atoms with Crippen LogP contribution in [0.4, 0.5) is 5.69 Å². The summed E-state index contributed by atoms with van der Waals surface area (Å²) in [5.74, 6) is -0.398. The lowest BCUT2D eigenvalue weighted by atomic mass is 10.1. The van der Waals surface area contributed by atoms with Gasteiger partial charge < -0.3 is 5.32 Å². The summed E-state index contributed by atoms with van der Waals surface area (Å²) < 4.78 is 29.0. The highest BCUT2D eigenvalue weighted by Gasteiger charge is 2.22. The van der Waals surface area contributed by atoms with Gasteiger partial charge in [-0.1, -0.05) is 18.2 Å². The topological polar surface area (TPSA) is 110 Å². The average molecular weight is 414 g/mol. The number of carbonyl (C=O) groups is 1. The van der Waals surface area contributed by atoms with Gasteiger partial charge in [0.05, 0.1) is 16.6 Å². The Bertz CT molecular complexity index is 1230. The van der Waals surface area contributed by atoms with E-state index in [1.54, 1.807) is 57.2 Å². The van der Waals surface area contributed by atoms with Gasteiger partial charge in [-0.05, 0) is 51.1 Å². The number of hydrogen-bond acceptors (Lipinski definition) is 5. The zero-order valence-corrected chi connectivity index (χ0v) is 17.2. The molecule has 2 aromatic carbocycles. The number of para-hydroxylation sites is 1. The molecule has 2 N–H and O–H groups in total. The highest BCUT2D eigenvalue weighted by Crippen LogP contribution is 2.18. The van der Waals surface area contributed by atoms with Crippen LogP contribution in [0.5, 0.6) is 0 Å². The van der Waals surface area contributed by atoms with E-state index in [4.69, 9.17) is 0 Å². The third kappa shape index (κ3) is 5.07. The third-order valence-corrected chi connectivity index (χ3v) is 5.68. The maximum Gasteiger partial charge on any atom is 0.246 e. The summed E-state index contributed by atoms with van der Waals surface area (Å²) in [6.07, 6.45) is 1.17. The van der Waals surface area contributed by atoms with Crippen molar-refractivity contribution in [1.29, 1.82) is 0 Å². The number of anilines is 1. The maximum atomic E-state index is 12.5. The Balaban J connectivity index is 1.81. The van der Waals surface area contributed by atoms with Crippen molar-refractivity contribution in [1.82, 2.24) is 14.5 Å². The summed E-state index contributed by atoms with van der Waals surface area (Å²) in [5, 5.41) is 7.17. The van der Waals surface area contributed by atoms with Crippen molar-refractivity contribution in [2.24, 2.45) is 0 Å². The molecule has 0 radical (unpaired) electrons. The molecule has 0 bridgehead atoms. The minimum atomic E-state index is -3.72. The zero-order valence-electron chi connectivity index (χ0n) is 16.3. The van der Waals surface area contributed by atoms with Gasteiger partial charge in [-0.15, -0.1) is 0 Å². The third-order valence-electron chi connectivity index (χ3n) is 3.92. The molecule has 0 fully saturated rings.